The van der Waals surface area contributed by atoms with Gasteiger partial charge >= 0.3 is 0 Å². The maximum atomic E-state index is 11.4. The van der Waals surface area contributed by atoms with Gasteiger partial charge in [-0.25, -0.2) is 4.98 Å². The first-order valence-electron chi connectivity index (χ1n) is 6.53. The third-order valence-electron chi connectivity index (χ3n) is 3.62. The van der Waals surface area contributed by atoms with Crippen LogP contribution in [0, 0.1) is 0 Å². The molecule has 5 nitrogen and oxygen atoms in total. The zero-order chi connectivity index (χ0) is 13.4. The Morgan fingerprint density at radius 2 is 2.42 bits per heavy atom. The van der Waals surface area contributed by atoms with Crippen LogP contribution in [0.4, 0.5) is 5.82 Å². The van der Waals surface area contributed by atoms with E-state index < -0.39 is 0 Å². The summed E-state index contributed by atoms with van der Waals surface area (Å²) >= 11 is 1.57. The summed E-state index contributed by atoms with van der Waals surface area (Å²) in [6.45, 7) is 1.99. The zero-order valence-corrected chi connectivity index (χ0v) is 12.1. The summed E-state index contributed by atoms with van der Waals surface area (Å²) in [5.74, 6) is 0.853. The number of aldehydes is 1. The molecule has 19 heavy (non-hydrogen) atoms. The van der Waals surface area contributed by atoms with Gasteiger partial charge in [0.2, 0.25) is 0 Å². The highest BCUT2D eigenvalue weighted by Crippen LogP contribution is 2.29. The van der Waals surface area contributed by atoms with Gasteiger partial charge in [0.15, 0.2) is 17.1 Å². The number of thiazole rings is 1. The van der Waals surface area contributed by atoms with Crippen LogP contribution in [0.3, 0.4) is 0 Å². The third-order valence-corrected chi connectivity index (χ3v) is 4.37. The molecule has 1 aliphatic rings. The van der Waals surface area contributed by atoms with E-state index in [0.717, 1.165) is 30.2 Å². The number of nitrogens with zero attached hydrogens (tertiary/aromatic N) is 4. The molecule has 0 bridgehead atoms. The number of carbonyl (C=O) groups excluding carboxylic acids is 1. The van der Waals surface area contributed by atoms with Crippen LogP contribution in [0.5, 0.6) is 0 Å². The molecule has 1 atom stereocenters. The second-order valence-electron chi connectivity index (χ2n) is 5.25. The van der Waals surface area contributed by atoms with Crippen molar-refractivity contribution in [2.45, 2.75) is 18.9 Å². The van der Waals surface area contributed by atoms with E-state index in [2.05, 4.69) is 28.9 Å². The molecule has 0 aromatic carbocycles. The van der Waals surface area contributed by atoms with Gasteiger partial charge in [0.25, 0.3) is 0 Å². The molecule has 0 aliphatic carbocycles. The van der Waals surface area contributed by atoms with Gasteiger partial charge in [-0.2, -0.15) is 0 Å². The van der Waals surface area contributed by atoms with E-state index in [1.54, 1.807) is 11.3 Å². The maximum Gasteiger partial charge on any atom is 0.196 e. The molecule has 0 radical (unpaired) electrons. The van der Waals surface area contributed by atoms with Crippen molar-refractivity contribution in [2.24, 2.45) is 0 Å². The van der Waals surface area contributed by atoms with Crippen molar-refractivity contribution in [3.63, 3.8) is 0 Å². The molecule has 0 N–H and O–H groups in total. The predicted molar refractivity (Wildman–Crippen MR) is 77.4 cm³/mol. The number of anilines is 1. The first-order valence-corrected chi connectivity index (χ1v) is 7.41. The molecule has 0 amide bonds. The summed E-state index contributed by atoms with van der Waals surface area (Å²) in [5, 5.41) is 1.96. The van der Waals surface area contributed by atoms with Gasteiger partial charge in [-0.05, 0) is 26.9 Å². The number of fused-ring (bicyclic) bond motifs is 1. The molecule has 0 saturated carbocycles. The fourth-order valence-corrected chi connectivity index (χ4v) is 3.55. The van der Waals surface area contributed by atoms with Crippen LogP contribution in [0.2, 0.25) is 0 Å². The van der Waals surface area contributed by atoms with Crippen molar-refractivity contribution < 1.29 is 4.79 Å². The quantitative estimate of drug-likeness (QED) is 0.799. The van der Waals surface area contributed by atoms with E-state index in [1.807, 2.05) is 16.0 Å². The Bertz CT molecular complexity index is 588. The Balaban J connectivity index is 1.98. The van der Waals surface area contributed by atoms with Gasteiger partial charge in [-0.15, -0.1) is 11.3 Å². The summed E-state index contributed by atoms with van der Waals surface area (Å²) in [6.07, 6.45) is 5.17. The Hall–Kier alpha value is -1.40. The van der Waals surface area contributed by atoms with Gasteiger partial charge in [-0.1, -0.05) is 0 Å². The first kappa shape index (κ1) is 12.6. The normalized spacial score (nSPS) is 19.7. The van der Waals surface area contributed by atoms with Crippen LogP contribution in [-0.2, 0) is 0 Å². The number of imidazole rings is 1. The van der Waals surface area contributed by atoms with Crippen molar-refractivity contribution in [1.82, 2.24) is 14.3 Å². The minimum absolute atomic E-state index is 0.457. The van der Waals surface area contributed by atoms with Crippen molar-refractivity contribution >= 4 is 28.4 Å². The Morgan fingerprint density at radius 1 is 1.58 bits per heavy atom. The van der Waals surface area contributed by atoms with Crippen molar-refractivity contribution in [1.29, 1.82) is 0 Å². The third kappa shape index (κ3) is 2.15. The van der Waals surface area contributed by atoms with Gasteiger partial charge in [0.1, 0.15) is 5.69 Å². The van der Waals surface area contributed by atoms with E-state index in [4.69, 9.17) is 0 Å². The van der Waals surface area contributed by atoms with E-state index in [0.29, 0.717) is 11.7 Å². The Kier molecular flexibility index (Phi) is 3.28. The number of aromatic nitrogens is 2. The molecule has 2 aromatic heterocycles. The molecule has 1 fully saturated rings. The molecule has 3 heterocycles. The van der Waals surface area contributed by atoms with Crippen LogP contribution in [0.1, 0.15) is 23.3 Å². The van der Waals surface area contributed by atoms with Crippen LogP contribution < -0.4 is 4.90 Å². The van der Waals surface area contributed by atoms with E-state index >= 15 is 0 Å². The van der Waals surface area contributed by atoms with E-state index in [9.17, 15) is 4.79 Å². The fourth-order valence-electron chi connectivity index (χ4n) is 2.84. The number of likely N-dealkylation sites (N-methyl/N-ethyl adjacent to an activating group) is 1. The van der Waals surface area contributed by atoms with Crippen molar-refractivity contribution in [3.05, 3.63) is 17.3 Å². The molecule has 0 spiro atoms. The fraction of sp³-hybridized carbons (Fsp3) is 0.538. The monoisotopic (exact) mass is 278 g/mol. The van der Waals surface area contributed by atoms with Crippen molar-refractivity contribution in [3.8, 4) is 0 Å². The summed E-state index contributed by atoms with van der Waals surface area (Å²) in [7, 11) is 4.17. The molecule has 1 aliphatic heterocycles. The standard InChI is InChI=1S/C13H18N4OS/c1-15(2)8-10-4-3-5-16(10)12-11(9-18)17-6-7-19-13(17)14-12/h6-7,9-10H,3-5,8H2,1-2H3. The summed E-state index contributed by atoms with van der Waals surface area (Å²) in [5.41, 5.74) is 0.682. The highest BCUT2D eigenvalue weighted by atomic mass is 32.1. The lowest BCUT2D eigenvalue weighted by molar-refractivity contribution is 0.111. The summed E-state index contributed by atoms with van der Waals surface area (Å²) < 4.78 is 1.89. The molecule has 3 rings (SSSR count). The zero-order valence-electron chi connectivity index (χ0n) is 11.2. The molecule has 2 aromatic rings. The lowest BCUT2D eigenvalue weighted by Gasteiger charge is -2.27. The Morgan fingerprint density at radius 3 is 3.16 bits per heavy atom. The molecule has 102 valence electrons. The lowest BCUT2D eigenvalue weighted by Crippen LogP contribution is -2.38. The first-order chi connectivity index (χ1) is 9.20. The van der Waals surface area contributed by atoms with Gasteiger partial charge in [0.05, 0.1) is 0 Å². The van der Waals surface area contributed by atoms with Crippen LogP contribution >= 0.6 is 11.3 Å². The number of hydrogen-bond acceptors (Lipinski definition) is 5. The topological polar surface area (TPSA) is 40.9 Å². The summed E-state index contributed by atoms with van der Waals surface area (Å²) in [6, 6.07) is 0.457. The molecule has 1 unspecified atom stereocenters. The van der Waals surface area contributed by atoms with E-state index in [1.165, 1.54) is 12.8 Å². The maximum absolute atomic E-state index is 11.4. The van der Waals surface area contributed by atoms with Crippen LogP contribution in [0.25, 0.3) is 4.96 Å². The lowest BCUT2D eigenvalue weighted by atomic mass is 10.2. The highest BCUT2D eigenvalue weighted by molar-refractivity contribution is 7.15. The van der Waals surface area contributed by atoms with Crippen molar-refractivity contribution in [2.75, 3.05) is 32.1 Å². The van der Waals surface area contributed by atoms with Crippen LogP contribution in [-0.4, -0.2) is 53.8 Å². The highest BCUT2D eigenvalue weighted by Gasteiger charge is 2.29. The second-order valence-corrected chi connectivity index (χ2v) is 6.12. The molecule has 6 heteroatoms. The Labute approximate surface area is 116 Å². The van der Waals surface area contributed by atoms with Gasteiger partial charge in [0, 0.05) is 30.7 Å². The minimum atomic E-state index is 0.457. The van der Waals surface area contributed by atoms with Gasteiger partial charge in [-0.3, -0.25) is 9.20 Å². The van der Waals surface area contributed by atoms with Crippen LogP contribution in [0.15, 0.2) is 11.6 Å². The average Bonchev–Trinajstić information content (AvgIpc) is 3.01. The second kappa shape index (κ2) is 4.94. The largest absolute Gasteiger partial charge is 0.350 e. The minimum Gasteiger partial charge on any atom is -0.350 e. The van der Waals surface area contributed by atoms with E-state index in [-0.39, 0.29) is 0 Å². The number of carbonyl (C=O) groups is 1. The average molecular weight is 278 g/mol. The SMILES string of the molecule is CN(C)CC1CCCN1c1nc2sccn2c1C=O. The smallest absolute Gasteiger partial charge is 0.196 e. The molecular weight excluding hydrogens is 260 g/mol. The predicted octanol–water partition coefficient (Wildman–Crippen LogP) is 1.74. The number of rotatable bonds is 4. The van der Waals surface area contributed by atoms with Gasteiger partial charge < -0.3 is 9.80 Å². The molecular formula is C13H18N4OS. The number of hydrogen-bond donors (Lipinski definition) is 0. The molecule has 1 saturated heterocycles. The summed E-state index contributed by atoms with van der Waals surface area (Å²) in [4.78, 5) is 21.4.